The molecule has 0 fully saturated rings. The van der Waals surface area contributed by atoms with E-state index >= 15 is 0 Å². The van der Waals surface area contributed by atoms with Gasteiger partial charge in [0.2, 0.25) is 0 Å². The van der Waals surface area contributed by atoms with Gasteiger partial charge in [-0.1, -0.05) is 223 Å². The van der Waals surface area contributed by atoms with E-state index in [1.807, 2.05) is 0 Å². The van der Waals surface area contributed by atoms with Gasteiger partial charge in [-0.05, 0) is 109 Å². The third-order valence-corrected chi connectivity index (χ3v) is 12.5. The lowest BCUT2D eigenvalue weighted by molar-refractivity contribution is -0.167. The molecule has 0 aliphatic rings. The van der Waals surface area contributed by atoms with Crippen LogP contribution in [-0.2, 0) is 28.6 Å². The molecule has 0 rings (SSSR count). The molecule has 0 radical (unpaired) electrons. The second kappa shape index (κ2) is 55.7. The number of carbonyl (C=O) groups is 3. The minimum atomic E-state index is -0.783. The third-order valence-electron chi connectivity index (χ3n) is 12.5. The smallest absolute Gasteiger partial charge is 0.306 e. The van der Waals surface area contributed by atoms with E-state index in [0.717, 1.165) is 83.5 Å². The van der Waals surface area contributed by atoms with Crippen LogP contribution in [0.15, 0.2) is 60.8 Å². The predicted octanol–water partition coefficient (Wildman–Crippen LogP) is 19.2. The van der Waals surface area contributed by atoms with E-state index in [9.17, 15) is 14.4 Å². The summed E-state index contributed by atoms with van der Waals surface area (Å²) in [5, 5.41) is 0. The van der Waals surface area contributed by atoms with Gasteiger partial charge >= 0.3 is 17.9 Å². The molecule has 0 saturated carbocycles. The van der Waals surface area contributed by atoms with Crippen LogP contribution in [0, 0.1) is 0 Å². The lowest BCUT2D eigenvalue weighted by Crippen LogP contribution is -2.30. The molecule has 0 aliphatic carbocycles. The van der Waals surface area contributed by atoms with E-state index in [1.165, 1.54) is 167 Å². The Balaban J connectivity index is 4.40. The Morgan fingerprint density at radius 2 is 0.537 bits per heavy atom. The molecule has 0 bridgehead atoms. The molecule has 0 heterocycles. The topological polar surface area (TPSA) is 78.9 Å². The molecular weight excluding hydrogens is 829 g/mol. The largest absolute Gasteiger partial charge is 0.462 e. The maximum absolute atomic E-state index is 12.9. The molecule has 388 valence electrons. The van der Waals surface area contributed by atoms with Crippen LogP contribution in [0.4, 0.5) is 0 Å². The van der Waals surface area contributed by atoms with Gasteiger partial charge in [0.1, 0.15) is 13.2 Å². The zero-order valence-corrected chi connectivity index (χ0v) is 44.4. The Hall–Kier alpha value is -2.89. The average Bonchev–Trinajstić information content (AvgIpc) is 3.33. The van der Waals surface area contributed by atoms with Gasteiger partial charge in [-0.3, -0.25) is 14.4 Å². The van der Waals surface area contributed by atoms with Gasteiger partial charge in [-0.25, -0.2) is 0 Å². The van der Waals surface area contributed by atoms with Gasteiger partial charge in [-0.2, -0.15) is 0 Å². The molecular formula is C61H108O6. The number of ether oxygens (including phenoxy) is 3. The third kappa shape index (κ3) is 53.9. The quantitative estimate of drug-likeness (QED) is 0.0262. The normalized spacial score (nSPS) is 12.5. The highest BCUT2D eigenvalue weighted by Gasteiger charge is 2.19. The van der Waals surface area contributed by atoms with Crippen molar-refractivity contribution in [2.45, 2.75) is 297 Å². The number of unbranched alkanes of at least 4 members (excludes halogenated alkanes) is 31. The van der Waals surface area contributed by atoms with Crippen molar-refractivity contribution in [3.8, 4) is 0 Å². The van der Waals surface area contributed by atoms with Gasteiger partial charge in [0.15, 0.2) is 6.10 Å². The highest BCUT2D eigenvalue weighted by molar-refractivity contribution is 5.71. The number of carbonyl (C=O) groups excluding carboxylic acids is 3. The summed E-state index contributed by atoms with van der Waals surface area (Å²) in [4.78, 5) is 38.2. The molecule has 0 aromatic carbocycles. The molecule has 6 nitrogen and oxygen atoms in total. The van der Waals surface area contributed by atoms with Crippen molar-refractivity contribution >= 4 is 17.9 Å². The van der Waals surface area contributed by atoms with Crippen LogP contribution in [0.3, 0.4) is 0 Å². The predicted molar refractivity (Wildman–Crippen MR) is 288 cm³/mol. The van der Waals surface area contributed by atoms with Crippen molar-refractivity contribution in [3.63, 3.8) is 0 Å². The first-order chi connectivity index (χ1) is 33.0. The second-order valence-corrected chi connectivity index (χ2v) is 19.2. The Morgan fingerprint density at radius 1 is 0.299 bits per heavy atom. The van der Waals surface area contributed by atoms with E-state index in [4.69, 9.17) is 14.2 Å². The van der Waals surface area contributed by atoms with Crippen molar-refractivity contribution in [1.82, 2.24) is 0 Å². The van der Waals surface area contributed by atoms with Crippen LogP contribution < -0.4 is 0 Å². The zero-order valence-electron chi connectivity index (χ0n) is 44.4. The molecule has 0 saturated heterocycles. The first-order valence-corrected chi connectivity index (χ1v) is 28.8. The highest BCUT2D eigenvalue weighted by atomic mass is 16.6. The SMILES string of the molecule is CCCCC/C=C\C/C=C\CCCCCCCCCC(=O)OC[C@H](COC(=O)CCCCCCCCC/C=C\CCCCCC)OC(=O)CCCCCCCCC/C=C\C/C=C\CCCCC. The molecule has 0 aromatic heterocycles. The molecule has 0 N–H and O–H groups in total. The molecule has 67 heavy (non-hydrogen) atoms. The van der Waals surface area contributed by atoms with Gasteiger partial charge in [-0.15, -0.1) is 0 Å². The molecule has 1 atom stereocenters. The van der Waals surface area contributed by atoms with Gasteiger partial charge in [0.05, 0.1) is 0 Å². The highest BCUT2D eigenvalue weighted by Crippen LogP contribution is 2.15. The van der Waals surface area contributed by atoms with Gasteiger partial charge in [0.25, 0.3) is 0 Å². The van der Waals surface area contributed by atoms with E-state index < -0.39 is 6.10 Å². The summed E-state index contributed by atoms with van der Waals surface area (Å²) in [6.45, 7) is 6.58. The molecule has 0 aromatic rings. The summed E-state index contributed by atoms with van der Waals surface area (Å²) in [5.41, 5.74) is 0. The van der Waals surface area contributed by atoms with Crippen LogP contribution >= 0.6 is 0 Å². The number of rotatable bonds is 52. The summed E-state index contributed by atoms with van der Waals surface area (Å²) in [6, 6.07) is 0. The van der Waals surface area contributed by atoms with Crippen LogP contribution in [0.1, 0.15) is 290 Å². The lowest BCUT2D eigenvalue weighted by Gasteiger charge is -2.18. The summed E-state index contributed by atoms with van der Waals surface area (Å²) in [7, 11) is 0. The fourth-order valence-corrected chi connectivity index (χ4v) is 8.09. The second-order valence-electron chi connectivity index (χ2n) is 19.2. The van der Waals surface area contributed by atoms with Crippen molar-refractivity contribution in [2.24, 2.45) is 0 Å². The van der Waals surface area contributed by atoms with E-state index in [1.54, 1.807) is 0 Å². The summed E-state index contributed by atoms with van der Waals surface area (Å²) in [6.07, 6.45) is 69.1. The summed E-state index contributed by atoms with van der Waals surface area (Å²) < 4.78 is 16.9. The summed E-state index contributed by atoms with van der Waals surface area (Å²) >= 11 is 0. The molecule has 0 spiro atoms. The van der Waals surface area contributed by atoms with Gasteiger partial charge in [0, 0.05) is 19.3 Å². The molecule has 0 amide bonds. The number of hydrogen-bond donors (Lipinski definition) is 0. The maximum Gasteiger partial charge on any atom is 0.306 e. The fraction of sp³-hybridized carbons (Fsp3) is 0.787. The van der Waals surface area contributed by atoms with Crippen molar-refractivity contribution in [2.75, 3.05) is 13.2 Å². The Kier molecular flexibility index (Phi) is 53.3. The van der Waals surface area contributed by atoms with Crippen molar-refractivity contribution in [3.05, 3.63) is 60.8 Å². The van der Waals surface area contributed by atoms with Crippen molar-refractivity contribution in [1.29, 1.82) is 0 Å². The molecule has 0 unspecified atom stereocenters. The summed E-state index contributed by atoms with van der Waals surface area (Å²) in [5.74, 6) is -0.891. The minimum Gasteiger partial charge on any atom is -0.462 e. The first kappa shape index (κ1) is 64.1. The van der Waals surface area contributed by atoms with E-state index in [2.05, 4.69) is 81.5 Å². The zero-order chi connectivity index (χ0) is 48.6. The Morgan fingerprint density at radius 3 is 0.866 bits per heavy atom. The maximum atomic E-state index is 12.9. The van der Waals surface area contributed by atoms with Crippen molar-refractivity contribution < 1.29 is 28.6 Å². The Labute approximate surface area is 415 Å². The molecule has 6 heteroatoms. The van der Waals surface area contributed by atoms with Crippen LogP contribution in [0.2, 0.25) is 0 Å². The van der Waals surface area contributed by atoms with E-state index in [-0.39, 0.29) is 31.1 Å². The average molecular weight is 938 g/mol. The van der Waals surface area contributed by atoms with Crippen LogP contribution in [-0.4, -0.2) is 37.2 Å². The van der Waals surface area contributed by atoms with Gasteiger partial charge < -0.3 is 14.2 Å². The standard InChI is InChI=1S/C61H108O6/c1-4-7-10-13-16-19-22-25-28-30-33-36-39-42-45-48-51-54-60(63)66-57-58(56-65-59(62)53-50-47-44-41-38-35-32-27-24-21-18-15-12-9-6-3)67-61(64)55-52-49-46-43-40-37-34-31-29-26-23-20-17-14-11-8-5-2/h16-17,19-21,24-26,28-29,58H,4-15,18,22-23,27,30-57H2,1-3H3/b19-16-,20-17-,24-21-,28-25-,29-26-/t58-/m0/s1. The Bertz CT molecular complexity index is 1210. The monoisotopic (exact) mass is 937 g/mol. The number of allylic oxidation sites excluding steroid dienone is 10. The minimum absolute atomic E-state index is 0.0814. The van der Waals surface area contributed by atoms with E-state index in [0.29, 0.717) is 19.3 Å². The first-order valence-electron chi connectivity index (χ1n) is 28.8. The fourth-order valence-electron chi connectivity index (χ4n) is 8.09. The molecule has 0 aliphatic heterocycles. The van der Waals surface area contributed by atoms with Crippen LogP contribution in [0.25, 0.3) is 0 Å². The van der Waals surface area contributed by atoms with Crippen LogP contribution in [0.5, 0.6) is 0 Å². The lowest BCUT2D eigenvalue weighted by atomic mass is 10.1. The number of esters is 3. The number of hydrogen-bond acceptors (Lipinski definition) is 6.